The number of nitro benzene ring substituents is 1. The summed E-state index contributed by atoms with van der Waals surface area (Å²) in [7, 11) is 0. The smallest absolute Gasteiger partial charge is 0.313 e. The van der Waals surface area contributed by atoms with Crippen LogP contribution in [0.15, 0.2) is 18.2 Å². The predicted octanol–water partition coefficient (Wildman–Crippen LogP) is 2.59. The van der Waals surface area contributed by atoms with E-state index >= 15 is 0 Å². The molecule has 0 saturated heterocycles. The molecule has 0 saturated carbocycles. The molecule has 16 heavy (non-hydrogen) atoms. The van der Waals surface area contributed by atoms with E-state index in [1.165, 1.54) is 0 Å². The molecule has 84 valence electrons. The van der Waals surface area contributed by atoms with Gasteiger partial charge >= 0.3 is 5.69 Å². The summed E-state index contributed by atoms with van der Waals surface area (Å²) in [6.07, 6.45) is 0.960. The number of aryl methyl sites for hydroxylation is 1. The van der Waals surface area contributed by atoms with Crippen molar-refractivity contribution in [3.05, 3.63) is 33.9 Å². The fourth-order valence-electron chi connectivity index (χ4n) is 1.32. The summed E-state index contributed by atoms with van der Waals surface area (Å²) in [6, 6.07) is 6.93. The first kappa shape index (κ1) is 12.0. The van der Waals surface area contributed by atoms with Gasteiger partial charge in [-0.25, -0.2) is 0 Å². The Morgan fingerprint density at radius 2 is 2.31 bits per heavy atom. The van der Waals surface area contributed by atoms with Crippen LogP contribution in [-0.2, 0) is 0 Å². The van der Waals surface area contributed by atoms with Crippen molar-refractivity contribution in [3.63, 3.8) is 0 Å². The maximum atomic E-state index is 10.8. The van der Waals surface area contributed by atoms with Gasteiger partial charge in [0.15, 0.2) is 5.75 Å². The second-order valence-electron chi connectivity index (χ2n) is 3.29. The molecule has 0 unspecified atom stereocenters. The lowest BCUT2D eigenvalue weighted by Gasteiger charge is -2.06. The monoisotopic (exact) mass is 220 g/mol. The lowest BCUT2D eigenvalue weighted by Crippen LogP contribution is -2.01. The first-order valence-corrected chi connectivity index (χ1v) is 4.90. The maximum Gasteiger partial charge on any atom is 0.313 e. The van der Waals surface area contributed by atoms with Crippen LogP contribution < -0.4 is 4.74 Å². The van der Waals surface area contributed by atoms with E-state index in [1.54, 1.807) is 25.1 Å². The van der Waals surface area contributed by atoms with E-state index < -0.39 is 4.92 Å². The first-order chi connectivity index (χ1) is 7.66. The van der Waals surface area contributed by atoms with Crippen molar-refractivity contribution in [1.82, 2.24) is 0 Å². The number of nitro groups is 1. The van der Waals surface area contributed by atoms with Crippen LogP contribution in [0.5, 0.6) is 5.75 Å². The average Bonchev–Trinajstić information content (AvgIpc) is 2.24. The highest BCUT2D eigenvalue weighted by atomic mass is 16.6. The Hall–Kier alpha value is -2.09. The zero-order valence-corrected chi connectivity index (χ0v) is 8.97. The van der Waals surface area contributed by atoms with Gasteiger partial charge in [-0.05, 0) is 19.4 Å². The third-order valence-corrected chi connectivity index (χ3v) is 2.07. The molecular formula is C11H12N2O3. The van der Waals surface area contributed by atoms with E-state index in [9.17, 15) is 10.1 Å². The Morgan fingerprint density at radius 3 is 2.94 bits per heavy atom. The molecule has 0 aliphatic carbocycles. The fourth-order valence-corrected chi connectivity index (χ4v) is 1.32. The summed E-state index contributed by atoms with van der Waals surface area (Å²) in [4.78, 5) is 10.4. The Bertz CT molecular complexity index is 424. The lowest BCUT2D eigenvalue weighted by atomic mass is 10.2. The van der Waals surface area contributed by atoms with Crippen molar-refractivity contribution < 1.29 is 9.66 Å². The highest BCUT2D eigenvalue weighted by Gasteiger charge is 2.17. The normalized spacial score (nSPS) is 9.50. The van der Waals surface area contributed by atoms with Gasteiger partial charge in [-0.1, -0.05) is 12.1 Å². The van der Waals surface area contributed by atoms with Gasteiger partial charge in [0.2, 0.25) is 0 Å². The highest BCUT2D eigenvalue weighted by Crippen LogP contribution is 2.30. The molecule has 0 aromatic heterocycles. The highest BCUT2D eigenvalue weighted by molar-refractivity contribution is 5.51. The minimum absolute atomic E-state index is 0.000502. The van der Waals surface area contributed by atoms with Crippen LogP contribution in [0.4, 0.5) is 5.69 Å². The first-order valence-electron chi connectivity index (χ1n) is 4.90. The number of unbranched alkanes of at least 4 members (excludes halogenated alkanes) is 1. The molecule has 0 amide bonds. The number of rotatable bonds is 5. The predicted molar refractivity (Wildman–Crippen MR) is 58.2 cm³/mol. The molecule has 0 radical (unpaired) electrons. The second kappa shape index (κ2) is 5.71. The summed E-state index contributed by atoms with van der Waals surface area (Å²) < 4.78 is 5.29. The largest absolute Gasteiger partial charge is 0.487 e. The lowest BCUT2D eigenvalue weighted by molar-refractivity contribution is -0.386. The van der Waals surface area contributed by atoms with Crippen molar-refractivity contribution in [2.75, 3.05) is 6.61 Å². The van der Waals surface area contributed by atoms with Gasteiger partial charge in [0.05, 0.1) is 17.6 Å². The van der Waals surface area contributed by atoms with E-state index in [2.05, 4.69) is 0 Å². The Kier molecular flexibility index (Phi) is 4.28. The average molecular weight is 220 g/mol. The molecule has 1 aromatic rings. The number of hydrogen-bond donors (Lipinski definition) is 0. The molecule has 1 rings (SSSR count). The molecule has 1 aromatic carbocycles. The Morgan fingerprint density at radius 1 is 1.56 bits per heavy atom. The zero-order valence-electron chi connectivity index (χ0n) is 8.97. The maximum absolute atomic E-state index is 10.8. The van der Waals surface area contributed by atoms with Crippen molar-refractivity contribution in [2.24, 2.45) is 0 Å². The van der Waals surface area contributed by atoms with E-state index in [0.29, 0.717) is 25.0 Å². The molecule has 0 aliphatic heterocycles. The van der Waals surface area contributed by atoms with Crippen molar-refractivity contribution in [1.29, 1.82) is 5.26 Å². The molecule has 0 spiro atoms. The van der Waals surface area contributed by atoms with Gasteiger partial charge in [-0.2, -0.15) is 5.26 Å². The van der Waals surface area contributed by atoms with Gasteiger partial charge in [-0.3, -0.25) is 10.1 Å². The van der Waals surface area contributed by atoms with Crippen LogP contribution >= 0.6 is 0 Å². The second-order valence-corrected chi connectivity index (χ2v) is 3.29. The van der Waals surface area contributed by atoms with Crippen LogP contribution in [0.25, 0.3) is 0 Å². The Labute approximate surface area is 93.4 Å². The van der Waals surface area contributed by atoms with E-state index in [4.69, 9.17) is 10.00 Å². The standard InChI is InChI=1S/C11H12N2O3/c1-9-5-4-6-10(11(9)13(14)15)16-8-3-2-7-12/h4-6H,2-3,8H2,1H3. The Balaban J connectivity index is 2.76. The van der Waals surface area contributed by atoms with Crippen LogP contribution in [0, 0.1) is 28.4 Å². The third kappa shape index (κ3) is 2.95. The van der Waals surface area contributed by atoms with Crippen molar-refractivity contribution in [3.8, 4) is 11.8 Å². The van der Waals surface area contributed by atoms with Gasteiger partial charge in [0.25, 0.3) is 0 Å². The summed E-state index contributed by atoms with van der Waals surface area (Å²) in [5, 5.41) is 19.1. The molecule has 0 atom stereocenters. The topological polar surface area (TPSA) is 76.2 Å². The molecule has 0 fully saturated rings. The molecule has 0 aliphatic rings. The number of nitriles is 1. The third-order valence-electron chi connectivity index (χ3n) is 2.07. The van der Waals surface area contributed by atoms with Crippen LogP contribution in [0.3, 0.4) is 0 Å². The number of ether oxygens (including phenoxy) is 1. The number of nitrogens with zero attached hydrogens (tertiary/aromatic N) is 2. The van der Waals surface area contributed by atoms with Gasteiger partial charge in [0.1, 0.15) is 0 Å². The molecule has 0 N–H and O–H groups in total. The zero-order chi connectivity index (χ0) is 12.0. The van der Waals surface area contributed by atoms with Crippen LogP contribution in [0.1, 0.15) is 18.4 Å². The van der Waals surface area contributed by atoms with Crippen molar-refractivity contribution >= 4 is 5.69 Å². The molecule has 0 heterocycles. The summed E-state index contributed by atoms with van der Waals surface area (Å²) in [5.41, 5.74) is 0.572. The van der Waals surface area contributed by atoms with Gasteiger partial charge in [0, 0.05) is 12.0 Å². The SMILES string of the molecule is Cc1cccc(OCCCC#N)c1[N+](=O)[O-]. The number of benzene rings is 1. The fraction of sp³-hybridized carbons (Fsp3) is 0.364. The molecule has 0 bridgehead atoms. The van der Waals surface area contributed by atoms with Crippen LogP contribution in [0.2, 0.25) is 0 Å². The number of para-hydroxylation sites is 1. The van der Waals surface area contributed by atoms with Gasteiger partial charge in [-0.15, -0.1) is 0 Å². The summed E-state index contributed by atoms with van der Waals surface area (Å²) >= 11 is 0. The minimum Gasteiger partial charge on any atom is -0.487 e. The number of hydrogen-bond acceptors (Lipinski definition) is 4. The van der Waals surface area contributed by atoms with E-state index in [-0.39, 0.29) is 11.4 Å². The quantitative estimate of drug-likeness (QED) is 0.434. The summed E-state index contributed by atoms with van der Waals surface area (Å²) in [5.74, 6) is 0.267. The summed E-state index contributed by atoms with van der Waals surface area (Å²) in [6.45, 7) is 1.98. The molecule has 5 heteroatoms. The van der Waals surface area contributed by atoms with Gasteiger partial charge < -0.3 is 4.74 Å². The van der Waals surface area contributed by atoms with Crippen LogP contribution in [-0.4, -0.2) is 11.5 Å². The van der Waals surface area contributed by atoms with Crippen molar-refractivity contribution in [2.45, 2.75) is 19.8 Å². The van der Waals surface area contributed by atoms with E-state index in [1.807, 2.05) is 6.07 Å². The van der Waals surface area contributed by atoms with E-state index in [0.717, 1.165) is 0 Å². The minimum atomic E-state index is -0.449. The molecular weight excluding hydrogens is 208 g/mol. The molecule has 5 nitrogen and oxygen atoms in total.